The van der Waals surface area contributed by atoms with Crippen molar-refractivity contribution < 1.29 is 19.0 Å². The first-order chi connectivity index (χ1) is 8.69. The normalized spacial score (nSPS) is 9.94. The molecule has 0 fully saturated rings. The van der Waals surface area contributed by atoms with Crippen LogP contribution in [0.15, 0.2) is 22.7 Å². The molecule has 1 aromatic carbocycles. The number of benzene rings is 1. The van der Waals surface area contributed by atoms with Gasteiger partial charge in [0.25, 0.3) is 0 Å². The van der Waals surface area contributed by atoms with Gasteiger partial charge >= 0.3 is 5.97 Å². The number of esters is 1. The minimum absolute atomic E-state index is 0.189. The third kappa shape index (κ3) is 4.56. The van der Waals surface area contributed by atoms with E-state index in [1.807, 2.05) is 18.2 Å². The van der Waals surface area contributed by atoms with Crippen molar-refractivity contribution in [2.24, 2.45) is 0 Å². The van der Waals surface area contributed by atoms with E-state index in [-0.39, 0.29) is 5.97 Å². The van der Waals surface area contributed by atoms with Gasteiger partial charge in [0.05, 0.1) is 20.3 Å². The van der Waals surface area contributed by atoms with Gasteiger partial charge in [0, 0.05) is 6.42 Å². The zero-order valence-corrected chi connectivity index (χ0v) is 12.2. The minimum atomic E-state index is -0.189. The van der Waals surface area contributed by atoms with Crippen molar-refractivity contribution in [2.75, 3.05) is 20.3 Å². The molecular formula is C13H17BrO4. The fraction of sp³-hybridized carbons (Fsp3) is 0.462. The van der Waals surface area contributed by atoms with Crippen LogP contribution in [0.25, 0.3) is 0 Å². The number of hydrogen-bond donors (Lipinski definition) is 0. The lowest BCUT2D eigenvalue weighted by Gasteiger charge is -2.10. The Morgan fingerprint density at radius 3 is 2.72 bits per heavy atom. The van der Waals surface area contributed by atoms with Crippen LogP contribution >= 0.6 is 15.9 Å². The van der Waals surface area contributed by atoms with Gasteiger partial charge < -0.3 is 14.2 Å². The van der Waals surface area contributed by atoms with E-state index in [2.05, 4.69) is 15.9 Å². The molecule has 0 radical (unpaired) electrons. The van der Waals surface area contributed by atoms with E-state index in [4.69, 9.17) is 14.2 Å². The highest BCUT2D eigenvalue weighted by atomic mass is 79.9. The topological polar surface area (TPSA) is 44.8 Å². The molecule has 0 atom stereocenters. The third-order valence-electron chi connectivity index (χ3n) is 2.24. The molecule has 5 heteroatoms. The Morgan fingerprint density at radius 2 is 2.06 bits per heavy atom. The van der Waals surface area contributed by atoms with Crippen LogP contribution in [0.2, 0.25) is 0 Å². The number of carbonyl (C=O) groups is 1. The Hall–Kier alpha value is -1.23. The monoisotopic (exact) mass is 316 g/mol. The van der Waals surface area contributed by atoms with E-state index >= 15 is 0 Å². The summed E-state index contributed by atoms with van der Waals surface area (Å²) in [7, 11) is 1.60. The lowest BCUT2D eigenvalue weighted by Crippen LogP contribution is -2.07. The van der Waals surface area contributed by atoms with Gasteiger partial charge in [-0.25, -0.2) is 0 Å². The third-order valence-corrected chi connectivity index (χ3v) is 3.02. The van der Waals surface area contributed by atoms with Crippen molar-refractivity contribution >= 4 is 21.9 Å². The van der Waals surface area contributed by atoms with E-state index in [0.717, 1.165) is 10.2 Å². The summed E-state index contributed by atoms with van der Waals surface area (Å²) in [5.41, 5.74) is 0. The standard InChI is InChI=1S/C13H17BrO4/c1-3-17-12(15)8-5-9-18-11-7-4-6-10(16-2)13(11)14/h4,6-7H,3,5,8-9H2,1-2H3. The van der Waals surface area contributed by atoms with Gasteiger partial charge in [-0.1, -0.05) is 6.07 Å². The predicted molar refractivity (Wildman–Crippen MR) is 72.1 cm³/mol. The molecular weight excluding hydrogens is 300 g/mol. The summed E-state index contributed by atoms with van der Waals surface area (Å²) >= 11 is 3.41. The van der Waals surface area contributed by atoms with Crippen molar-refractivity contribution in [3.8, 4) is 11.5 Å². The first-order valence-corrected chi connectivity index (χ1v) is 6.59. The van der Waals surface area contributed by atoms with Gasteiger partial charge in [0.1, 0.15) is 16.0 Å². The molecule has 0 aliphatic carbocycles. The van der Waals surface area contributed by atoms with Crippen molar-refractivity contribution in [1.82, 2.24) is 0 Å². The van der Waals surface area contributed by atoms with Gasteiger partial charge in [-0.2, -0.15) is 0 Å². The SMILES string of the molecule is CCOC(=O)CCCOc1cccc(OC)c1Br. The lowest BCUT2D eigenvalue weighted by molar-refractivity contribution is -0.143. The van der Waals surface area contributed by atoms with Crippen LogP contribution < -0.4 is 9.47 Å². The number of methoxy groups -OCH3 is 1. The molecule has 1 rings (SSSR count). The molecule has 0 aliphatic rings. The molecule has 0 unspecified atom stereocenters. The molecule has 0 N–H and O–H groups in total. The molecule has 100 valence electrons. The Kier molecular flexibility index (Phi) is 6.57. The maximum atomic E-state index is 11.1. The second-order valence-corrected chi connectivity index (χ2v) is 4.32. The van der Waals surface area contributed by atoms with Crippen LogP contribution in [0.4, 0.5) is 0 Å². The summed E-state index contributed by atoms with van der Waals surface area (Å²) in [6, 6.07) is 5.54. The highest BCUT2D eigenvalue weighted by Gasteiger charge is 2.07. The Morgan fingerprint density at radius 1 is 1.33 bits per heavy atom. The average molecular weight is 317 g/mol. The zero-order valence-electron chi connectivity index (χ0n) is 10.6. The predicted octanol–water partition coefficient (Wildman–Crippen LogP) is 3.18. The lowest BCUT2D eigenvalue weighted by atomic mass is 10.3. The second-order valence-electron chi connectivity index (χ2n) is 3.53. The molecule has 0 aromatic heterocycles. The molecule has 1 aromatic rings. The number of halogens is 1. The Balaban J connectivity index is 2.38. The zero-order chi connectivity index (χ0) is 13.4. The van der Waals surface area contributed by atoms with E-state index in [9.17, 15) is 4.79 Å². The first kappa shape index (κ1) is 14.8. The smallest absolute Gasteiger partial charge is 0.305 e. The average Bonchev–Trinajstić information content (AvgIpc) is 2.36. The first-order valence-electron chi connectivity index (χ1n) is 5.80. The minimum Gasteiger partial charge on any atom is -0.495 e. The Bertz CT molecular complexity index is 393. The van der Waals surface area contributed by atoms with Crippen molar-refractivity contribution in [1.29, 1.82) is 0 Å². The molecule has 18 heavy (non-hydrogen) atoms. The largest absolute Gasteiger partial charge is 0.495 e. The van der Waals surface area contributed by atoms with Crippen LogP contribution in [-0.4, -0.2) is 26.3 Å². The highest BCUT2D eigenvalue weighted by Crippen LogP contribution is 2.33. The molecule has 0 saturated heterocycles. The van der Waals surface area contributed by atoms with Crippen molar-refractivity contribution in [3.05, 3.63) is 22.7 Å². The van der Waals surface area contributed by atoms with E-state index < -0.39 is 0 Å². The summed E-state index contributed by atoms with van der Waals surface area (Å²) in [5, 5.41) is 0. The van der Waals surface area contributed by atoms with E-state index in [1.165, 1.54) is 0 Å². The maximum Gasteiger partial charge on any atom is 0.305 e. The highest BCUT2D eigenvalue weighted by molar-refractivity contribution is 9.10. The van der Waals surface area contributed by atoms with Crippen LogP contribution in [-0.2, 0) is 9.53 Å². The summed E-state index contributed by atoms with van der Waals surface area (Å²) in [4.78, 5) is 11.1. The Labute approximate surface area is 115 Å². The quantitative estimate of drug-likeness (QED) is 0.572. The van der Waals surface area contributed by atoms with Gasteiger partial charge in [0.2, 0.25) is 0 Å². The molecule has 0 bridgehead atoms. The number of hydrogen-bond acceptors (Lipinski definition) is 4. The summed E-state index contributed by atoms with van der Waals surface area (Å²) in [5.74, 6) is 1.24. The van der Waals surface area contributed by atoms with Gasteiger partial charge in [-0.15, -0.1) is 0 Å². The summed E-state index contributed by atoms with van der Waals surface area (Å²) in [6.45, 7) is 2.67. The molecule has 0 heterocycles. The summed E-state index contributed by atoms with van der Waals surface area (Å²) in [6.07, 6.45) is 0.998. The molecule has 0 aliphatic heterocycles. The van der Waals surface area contributed by atoms with Crippen LogP contribution in [0.5, 0.6) is 11.5 Å². The van der Waals surface area contributed by atoms with Crippen LogP contribution in [0.3, 0.4) is 0 Å². The number of carbonyl (C=O) groups excluding carboxylic acids is 1. The van der Waals surface area contributed by atoms with E-state index in [0.29, 0.717) is 31.8 Å². The van der Waals surface area contributed by atoms with Gasteiger partial charge in [-0.3, -0.25) is 4.79 Å². The number of rotatable bonds is 7. The fourth-order valence-electron chi connectivity index (χ4n) is 1.39. The molecule has 0 saturated carbocycles. The van der Waals surface area contributed by atoms with Crippen LogP contribution in [0, 0.1) is 0 Å². The summed E-state index contributed by atoms with van der Waals surface area (Å²) < 4.78 is 16.3. The second kappa shape index (κ2) is 7.97. The number of ether oxygens (including phenoxy) is 3. The van der Waals surface area contributed by atoms with Gasteiger partial charge in [0.15, 0.2) is 0 Å². The molecule has 4 nitrogen and oxygen atoms in total. The fourth-order valence-corrected chi connectivity index (χ4v) is 1.93. The van der Waals surface area contributed by atoms with Crippen molar-refractivity contribution in [2.45, 2.75) is 19.8 Å². The van der Waals surface area contributed by atoms with Crippen LogP contribution in [0.1, 0.15) is 19.8 Å². The van der Waals surface area contributed by atoms with E-state index in [1.54, 1.807) is 14.0 Å². The molecule has 0 amide bonds. The van der Waals surface area contributed by atoms with Crippen molar-refractivity contribution in [3.63, 3.8) is 0 Å². The molecule has 0 spiro atoms. The maximum absolute atomic E-state index is 11.1. The van der Waals surface area contributed by atoms with Gasteiger partial charge in [-0.05, 0) is 41.4 Å².